The highest BCUT2D eigenvalue weighted by molar-refractivity contribution is 6.31. The summed E-state index contributed by atoms with van der Waals surface area (Å²) in [6, 6.07) is 3.72. The molecule has 2 heterocycles. The van der Waals surface area contributed by atoms with Gasteiger partial charge in [-0.15, -0.1) is 0 Å². The van der Waals surface area contributed by atoms with Gasteiger partial charge in [-0.25, -0.2) is 4.99 Å². The minimum Gasteiger partial charge on any atom is -0.490 e. The molecule has 1 aromatic carbocycles. The lowest BCUT2D eigenvalue weighted by atomic mass is 9.90. The van der Waals surface area contributed by atoms with Crippen LogP contribution in [0.1, 0.15) is 67.8 Å². The third-order valence-electron chi connectivity index (χ3n) is 6.65. The Labute approximate surface area is 200 Å². The third-order valence-corrected chi connectivity index (χ3v) is 6.87. The number of fused-ring (bicyclic) bond motifs is 2. The van der Waals surface area contributed by atoms with E-state index in [0.717, 1.165) is 61.8 Å². The number of amides is 2. The molecule has 1 atom stereocenters. The first-order valence-electron chi connectivity index (χ1n) is 11.9. The molecule has 0 aromatic heterocycles. The number of carbonyl (C=O) groups is 2. The zero-order valence-corrected chi connectivity index (χ0v) is 19.9. The van der Waals surface area contributed by atoms with Crippen LogP contribution in [-0.2, 0) is 11.2 Å². The predicted octanol–water partition coefficient (Wildman–Crippen LogP) is 4.54. The first-order valence-corrected chi connectivity index (χ1v) is 12.3. The minimum atomic E-state index is -0.424. The Balaban J connectivity index is 1.62. The van der Waals surface area contributed by atoms with Gasteiger partial charge < -0.3 is 15.8 Å². The van der Waals surface area contributed by atoms with E-state index < -0.39 is 5.92 Å². The Hall–Kier alpha value is -2.44. The van der Waals surface area contributed by atoms with Crippen LogP contribution in [0.5, 0.6) is 5.75 Å². The smallest absolute Gasteiger partial charge is 0.254 e. The first-order chi connectivity index (χ1) is 15.9. The number of hydrogen-bond donors (Lipinski definition) is 2. The number of nitrogens with one attached hydrogen (secondary N) is 1. The number of dihydropyridines is 1. The summed E-state index contributed by atoms with van der Waals surface area (Å²) in [6.07, 6.45) is 13.1. The summed E-state index contributed by atoms with van der Waals surface area (Å²) in [6.45, 7) is 2.05. The molecule has 6 nitrogen and oxygen atoms in total. The van der Waals surface area contributed by atoms with Crippen molar-refractivity contribution in [3.63, 3.8) is 0 Å². The highest BCUT2D eigenvalue weighted by Crippen LogP contribution is 2.32. The van der Waals surface area contributed by atoms with Crippen LogP contribution in [0, 0.1) is 5.92 Å². The topological polar surface area (TPSA) is 93.8 Å². The van der Waals surface area contributed by atoms with Gasteiger partial charge in [0.1, 0.15) is 5.75 Å². The van der Waals surface area contributed by atoms with Crippen molar-refractivity contribution in [3.8, 4) is 5.75 Å². The van der Waals surface area contributed by atoms with E-state index in [-0.39, 0.29) is 30.5 Å². The largest absolute Gasteiger partial charge is 0.490 e. The Kier molecular flexibility index (Phi) is 7.66. The molecule has 1 fully saturated rings. The maximum atomic E-state index is 13.3. The minimum absolute atomic E-state index is 0.0673. The van der Waals surface area contributed by atoms with Gasteiger partial charge in [0, 0.05) is 34.4 Å². The average Bonchev–Trinajstić information content (AvgIpc) is 2.78. The molecule has 3 aliphatic rings. The van der Waals surface area contributed by atoms with Crippen molar-refractivity contribution in [2.45, 2.75) is 70.4 Å². The van der Waals surface area contributed by atoms with Crippen molar-refractivity contribution < 1.29 is 14.3 Å². The van der Waals surface area contributed by atoms with E-state index in [1.165, 1.54) is 0 Å². The molecule has 1 aromatic rings. The van der Waals surface area contributed by atoms with Crippen molar-refractivity contribution in [1.29, 1.82) is 0 Å². The summed E-state index contributed by atoms with van der Waals surface area (Å²) in [5, 5.41) is 3.41. The Morgan fingerprint density at radius 1 is 1.15 bits per heavy atom. The lowest BCUT2D eigenvalue weighted by molar-refractivity contribution is -0.120. The molecule has 0 radical (unpaired) electrons. The van der Waals surface area contributed by atoms with Crippen molar-refractivity contribution in [3.05, 3.63) is 52.1 Å². The maximum absolute atomic E-state index is 13.3. The number of nitrogens with zero attached hydrogens (tertiary/aromatic N) is 1. The molecular weight excluding hydrogens is 438 g/mol. The van der Waals surface area contributed by atoms with E-state index >= 15 is 0 Å². The van der Waals surface area contributed by atoms with Gasteiger partial charge >= 0.3 is 0 Å². The number of nitrogens with two attached hydrogens (primary N) is 1. The average molecular weight is 470 g/mol. The van der Waals surface area contributed by atoms with Gasteiger partial charge in [0.25, 0.3) is 11.8 Å². The molecule has 1 aliphatic carbocycles. The zero-order chi connectivity index (χ0) is 23.4. The van der Waals surface area contributed by atoms with Gasteiger partial charge in [-0.3, -0.25) is 9.59 Å². The summed E-state index contributed by atoms with van der Waals surface area (Å²) >= 11 is 6.41. The number of aliphatic imine (C=N–C) groups is 1. The number of hydrogen-bond acceptors (Lipinski definition) is 4. The van der Waals surface area contributed by atoms with Crippen LogP contribution in [-0.4, -0.2) is 36.2 Å². The monoisotopic (exact) mass is 469 g/mol. The molecule has 33 heavy (non-hydrogen) atoms. The van der Waals surface area contributed by atoms with Gasteiger partial charge in [0.2, 0.25) is 0 Å². The molecule has 0 saturated heterocycles. The zero-order valence-electron chi connectivity index (χ0n) is 19.1. The van der Waals surface area contributed by atoms with Gasteiger partial charge in [0.05, 0.1) is 12.0 Å². The van der Waals surface area contributed by atoms with Gasteiger partial charge in [-0.2, -0.15) is 0 Å². The SMILES string of the molecule is CC1=NC(=O)C2CNC(=O)c3cc(Cl)cc(OC4CCC(N)CC4)c3C/C=C/CCCC2=C1. The molecule has 7 heteroatoms. The number of benzene rings is 1. The van der Waals surface area contributed by atoms with E-state index in [4.69, 9.17) is 22.1 Å². The molecule has 1 unspecified atom stereocenters. The van der Waals surface area contributed by atoms with Crippen LogP contribution >= 0.6 is 11.6 Å². The third kappa shape index (κ3) is 5.92. The molecule has 4 rings (SSSR count). The van der Waals surface area contributed by atoms with Crippen LogP contribution in [0.15, 0.2) is 40.9 Å². The van der Waals surface area contributed by atoms with E-state index in [1.54, 1.807) is 12.1 Å². The number of rotatable bonds is 2. The van der Waals surface area contributed by atoms with Crippen LogP contribution in [0.25, 0.3) is 0 Å². The molecular formula is C26H32ClN3O3. The van der Waals surface area contributed by atoms with Crippen molar-refractivity contribution in [2.24, 2.45) is 16.6 Å². The van der Waals surface area contributed by atoms with E-state index in [2.05, 4.69) is 22.5 Å². The number of carbonyl (C=O) groups excluding carboxylic acids is 2. The highest BCUT2D eigenvalue weighted by atomic mass is 35.5. The molecule has 0 bridgehead atoms. The molecule has 2 amide bonds. The van der Waals surface area contributed by atoms with Gasteiger partial charge in [0.15, 0.2) is 0 Å². The Bertz CT molecular complexity index is 1010. The number of ether oxygens (including phenoxy) is 1. The van der Waals surface area contributed by atoms with E-state index in [9.17, 15) is 9.59 Å². The Morgan fingerprint density at radius 3 is 2.73 bits per heavy atom. The summed E-state index contributed by atoms with van der Waals surface area (Å²) in [7, 11) is 0. The summed E-state index contributed by atoms with van der Waals surface area (Å²) in [4.78, 5) is 30.0. The molecule has 176 valence electrons. The highest BCUT2D eigenvalue weighted by Gasteiger charge is 2.28. The second-order valence-electron chi connectivity index (χ2n) is 9.23. The fraction of sp³-hybridized carbons (Fsp3) is 0.500. The first kappa shape index (κ1) is 23.7. The molecule has 1 saturated carbocycles. The Morgan fingerprint density at radius 2 is 1.94 bits per heavy atom. The molecule has 0 spiro atoms. The second-order valence-corrected chi connectivity index (χ2v) is 9.66. The van der Waals surface area contributed by atoms with Crippen molar-refractivity contribution >= 4 is 29.1 Å². The summed E-state index contributed by atoms with van der Waals surface area (Å²) in [5.41, 5.74) is 9.11. The maximum Gasteiger partial charge on any atom is 0.254 e. The molecule has 3 N–H and O–H groups in total. The van der Waals surface area contributed by atoms with Gasteiger partial charge in [-0.05, 0) is 76.5 Å². The summed E-state index contributed by atoms with van der Waals surface area (Å²) < 4.78 is 6.36. The standard InChI is InChI=1S/C26H32ClN3O3/c1-16-12-17-6-4-2-3-5-7-21-22(25(31)29-15-23(17)26(32)30-16)13-18(27)14-24(21)33-20-10-8-19(28)9-11-20/h3,5,12-14,19-20,23H,2,4,6-11,15,28H2,1H3,(H,29,31)/b5-3+. The van der Waals surface area contributed by atoms with Crippen LogP contribution in [0.3, 0.4) is 0 Å². The van der Waals surface area contributed by atoms with E-state index in [0.29, 0.717) is 22.8 Å². The lowest BCUT2D eigenvalue weighted by Crippen LogP contribution is -2.35. The fourth-order valence-electron chi connectivity index (χ4n) is 4.83. The van der Waals surface area contributed by atoms with Crippen LogP contribution < -0.4 is 15.8 Å². The van der Waals surface area contributed by atoms with Crippen molar-refractivity contribution in [1.82, 2.24) is 5.32 Å². The van der Waals surface area contributed by atoms with E-state index in [1.807, 2.05) is 13.0 Å². The summed E-state index contributed by atoms with van der Waals surface area (Å²) in [5.74, 6) is -0.218. The number of allylic oxidation sites excluding steroid dienone is 3. The quantitative estimate of drug-likeness (QED) is 0.621. The molecule has 2 aliphatic heterocycles. The lowest BCUT2D eigenvalue weighted by Gasteiger charge is -2.28. The normalized spacial score (nSPS) is 27.4. The van der Waals surface area contributed by atoms with Crippen LogP contribution in [0.2, 0.25) is 5.02 Å². The predicted molar refractivity (Wildman–Crippen MR) is 131 cm³/mol. The number of halogens is 1. The van der Waals surface area contributed by atoms with Crippen LogP contribution in [0.4, 0.5) is 0 Å². The fourth-order valence-corrected chi connectivity index (χ4v) is 5.03. The van der Waals surface area contributed by atoms with Crippen molar-refractivity contribution in [2.75, 3.05) is 6.54 Å². The van der Waals surface area contributed by atoms with Gasteiger partial charge in [-0.1, -0.05) is 29.3 Å². The second kappa shape index (κ2) is 10.7.